The topological polar surface area (TPSA) is 58.5 Å². The summed E-state index contributed by atoms with van der Waals surface area (Å²) in [7, 11) is 0. The van der Waals surface area contributed by atoms with E-state index in [2.05, 4.69) is 67.1 Å². The highest BCUT2D eigenvalue weighted by molar-refractivity contribution is 5.41. The summed E-state index contributed by atoms with van der Waals surface area (Å²) in [5.74, 6) is 1.45. The molecule has 1 N–H and O–H groups in total. The number of aliphatic hydroxyl groups is 1. The van der Waals surface area contributed by atoms with E-state index in [1.165, 1.54) is 16.7 Å². The van der Waals surface area contributed by atoms with Crippen LogP contribution in [0.5, 0.6) is 5.75 Å². The van der Waals surface area contributed by atoms with Gasteiger partial charge in [0.05, 0.1) is 24.4 Å². The van der Waals surface area contributed by atoms with Crippen molar-refractivity contribution in [2.75, 3.05) is 18.0 Å². The van der Waals surface area contributed by atoms with E-state index >= 15 is 0 Å². The summed E-state index contributed by atoms with van der Waals surface area (Å²) < 4.78 is 5.95. The van der Waals surface area contributed by atoms with Gasteiger partial charge in [-0.15, -0.1) is 0 Å². The molecule has 1 saturated heterocycles. The van der Waals surface area contributed by atoms with Gasteiger partial charge >= 0.3 is 0 Å². The van der Waals surface area contributed by atoms with Gasteiger partial charge < -0.3 is 14.7 Å². The van der Waals surface area contributed by atoms with E-state index in [4.69, 9.17) is 4.74 Å². The molecule has 1 aromatic heterocycles. The Morgan fingerprint density at radius 2 is 1.60 bits per heavy atom. The van der Waals surface area contributed by atoms with Gasteiger partial charge in [0.15, 0.2) is 0 Å². The molecule has 0 atom stereocenters. The van der Waals surface area contributed by atoms with Crippen LogP contribution >= 0.6 is 0 Å². The van der Waals surface area contributed by atoms with Gasteiger partial charge in [-0.3, -0.25) is 0 Å². The van der Waals surface area contributed by atoms with Crippen LogP contribution in [-0.2, 0) is 12.0 Å². The lowest BCUT2D eigenvalue weighted by Crippen LogP contribution is -2.60. The zero-order valence-corrected chi connectivity index (χ0v) is 18.1. The smallest absolute Gasteiger partial charge is 0.225 e. The molecule has 0 bridgehead atoms. The molecule has 0 spiro atoms. The van der Waals surface area contributed by atoms with Crippen molar-refractivity contribution in [2.24, 2.45) is 0 Å². The standard InChI is InChI=1S/C25H29N3O2/c1-18-5-7-19(8-6-18)24(2,3)20-9-11-22(12-10-20)30-15-21-13-14-26-23(27-21)28-16-25(4,29)17-28/h5-14,29H,15-17H2,1-4H3. The Balaban J connectivity index is 1.40. The first-order chi connectivity index (χ1) is 14.2. The Bertz CT molecular complexity index is 1000. The second-order valence-electron chi connectivity index (χ2n) is 9.01. The van der Waals surface area contributed by atoms with Gasteiger partial charge in [0.2, 0.25) is 5.95 Å². The fourth-order valence-corrected chi connectivity index (χ4v) is 3.80. The van der Waals surface area contributed by atoms with E-state index in [0.29, 0.717) is 25.6 Å². The summed E-state index contributed by atoms with van der Waals surface area (Å²) >= 11 is 0. The van der Waals surface area contributed by atoms with Gasteiger partial charge in [0, 0.05) is 11.6 Å². The first-order valence-electron chi connectivity index (χ1n) is 10.3. The van der Waals surface area contributed by atoms with Gasteiger partial charge in [-0.05, 0) is 43.2 Å². The van der Waals surface area contributed by atoms with Crippen LogP contribution in [0.3, 0.4) is 0 Å². The number of aromatic nitrogens is 2. The molecular formula is C25H29N3O2. The summed E-state index contributed by atoms with van der Waals surface area (Å²) in [6.07, 6.45) is 1.74. The second-order valence-corrected chi connectivity index (χ2v) is 9.01. The lowest BCUT2D eigenvalue weighted by atomic mass is 9.78. The fourth-order valence-electron chi connectivity index (χ4n) is 3.80. The zero-order valence-electron chi connectivity index (χ0n) is 18.1. The molecule has 0 radical (unpaired) electrons. The molecule has 1 fully saturated rings. The normalized spacial score (nSPS) is 15.6. The van der Waals surface area contributed by atoms with Crippen LogP contribution in [-0.4, -0.2) is 33.8 Å². The second kappa shape index (κ2) is 7.73. The number of ether oxygens (including phenoxy) is 1. The Kier molecular flexibility index (Phi) is 5.24. The first kappa shape index (κ1) is 20.4. The molecule has 0 saturated carbocycles. The minimum Gasteiger partial charge on any atom is -0.487 e. The number of benzene rings is 2. The van der Waals surface area contributed by atoms with Crippen LogP contribution in [0, 0.1) is 6.92 Å². The summed E-state index contributed by atoms with van der Waals surface area (Å²) in [6.45, 7) is 9.88. The molecule has 0 unspecified atom stereocenters. The van der Waals surface area contributed by atoms with Crippen LogP contribution in [0.15, 0.2) is 60.8 Å². The molecule has 4 rings (SSSR count). The molecule has 5 heteroatoms. The zero-order chi connectivity index (χ0) is 21.4. The Morgan fingerprint density at radius 3 is 2.20 bits per heavy atom. The van der Waals surface area contributed by atoms with E-state index in [-0.39, 0.29) is 5.41 Å². The predicted molar refractivity (Wildman–Crippen MR) is 119 cm³/mol. The van der Waals surface area contributed by atoms with E-state index in [0.717, 1.165) is 11.4 Å². The van der Waals surface area contributed by atoms with Crippen molar-refractivity contribution in [3.8, 4) is 5.75 Å². The maximum atomic E-state index is 9.91. The summed E-state index contributed by atoms with van der Waals surface area (Å²) in [5, 5.41) is 9.91. The number of hydrogen-bond donors (Lipinski definition) is 1. The van der Waals surface area contributed by atoms with Crippen LogP contribution in [0.25, 0.3) is 0 Å². The van der Waals surface area contributed by atoms with E-state index < -0.39 is 5.60 Å². The van der Waals surface area contributed by atoms with Crippen LogP contribution < -0.4 is 9.64 Å². The van der Waals surface area contributed by atoms with Crippen LogP contribution in [0.4, 0.5) is 5.95 Å². The molecular weight excluding hydrogens is 374 g/mol. The largest absolute Gasteiger partial charge is 0.487 e. The van der Waals surface area contributed by atoms with Crippen molar-refractivity contribution >= 4 is 5.95 Å². The number of anilines is 1. The lowest BCUT2D eigenvalue weighted by molar-refractivity contribution is 0.0299. The molecule has 1 aliphatic rings. The van der Waals surface area contributed by atoms with E-state index in [1.807, 2.05) is 30.0 Å². The number of hydrogen-bond acceptors (Lipinski definition) is 5. The Hall–Kier alpha value is -2.92. The van der Waals surface area contributed by atoms with Crippen molar-refractivity contribution in [3.63, 3.8) is 0 Å². The monoisotopic (exact) mass is 403 g/mol. The van der Waals surface area contributed by atoms with Crippen LogP contribution in [0.1, 0.15) is 43.2 Å². The number of nitrogens with zero attached hydrogens (tertiary/aromatic N) is 3. The molecule has 2 heterocycles. The van der Waals surface area contributed by atoms with E-state index in [1.54, 1.807) is 6.20 Å². The molecule has 1 aliphatic heterocycles. The summed E-state index contributed by atoms with van der Waals surface area (Å²) in [4.78, 5) is 10.8. The Labute approximate surface area is 178 Å². The van der Waals surface area contributed by atoms with E-state index in [9.17, 15) is 5.11 Å². The molecule has 0 aliphatic carbocycles. The molecule has 156 valence electrons. The van der Waals surface area contributed by atoms with Gasteiger partial charge in [-0.2, -0.15) is 0 Å². The highest BCUT2D eigenvalue weighted by Gasteiger charge is 2.38. The highest BCUT2D eigenvalue weighted by Crippen LogP contribution is 2.32. The molecule has 3 aromatic rings. The van der Waals surface area contributed by atoms with Gasteiger partial charge in [0.1, 0.15) is 12.4 Å². The molecule has 30 heavy (non-hydrogen) atoms. The van der Waals surface area contributed by atoms with Crippen molar-refractivity contribution in [2.45, 2.75) is 45.3 Å². The quantitative estimate of drug-likeness (QED) is 0.666. The van der Waals surface area contributed by atoms with Crippen molar-refractivity contribution < 1.29 is 9.84 Å². The SMILES string of the molecule is Cc1ccc(C(C)(C)c2ccc(OCc3ccnc(N4CC(C)(O)C4)n3)cc2)cc1. The number of rotatable bonds is 6. The molecule has 0 amide bonds. The van der Waals surface area contributed by atoms with Gasteiger partial charge in [-0.1, -0.05) is 55.8 Å². The Morgan fingerprint density at radius 1 is 1.00 bits per heavy atom. The van der Waals surface area contributed by atoms with Gasteiger partial charge in [-0.25, -0.2) is 9.97 Å². The summed E-state index contributed by atoms with van der Waals surface area (Å²) in [6, 6.07) is 18.9. The van der Waals surface area contributed by atoms with Crippen molar-refractivity contribution in [3.05, 3.63) is 83.2 Å². The van der Waals surface area contributed by atoms with Gasteiger partial charge in [0.25, 0.3) is 0 Å². The molecule has 2 aromatic carbocycles. The van der Waals surface area contributed by atoms with Crippen molar-refractivity contribution in [1.82, 2.24) is 9.97 Å². The average Bonchev–Trinajstić information content (AvgIpc) is 2.71. The summed E-state index contributed by atoms with van der Waals surface area (Å²) in [5.41, 5.74) is 3.89. The predicted octanol–water partition coefficient (Wildman–Crippen LogP) is 4.26. The maximum absolute atomic E-state index is 9.91. The highest BCUT2D eigenvalue weighted by atomic mass is 16.5. The van der Waals surface area contributed by atoms with Crippen LogP contribution in [0.2, 0.25) is 0 Å². The average molecular weight is 404 g/mol. The third-order valence-corrected chi connectivity index (χ3v) is 5.78. The fraction of sp³-hybridized carbons (Fsp3) is 0.360. The minimum absolute atomic E-state index is 0.0772. The molecule has 5 nitrogen and oxygen atoms in total. The maximum Gasteiger partial charge on any atom is 0.225 e. The number of aryl methyl sites for hydroxylation is 1. The lowest BCUT2D eigenvalue weighted by Gasteiger charge is -2.44. The van der Waals surface area contributed by atoms with Crippen molar-refractivity contribution in [1.29, 1.82) is 0 Å². The number of β-amino-alcohol motifs (C(OH)–C–C–N with tert-alkyl or cyclic N) is 1. The minimum atomic E-state index is -0.649. The first-order valence-corrected chi connectivity index (χ1v) is 10.3. The third-order valence-electron chi connectivity index (χ3n) is 5.78. The third kappa shape index (κ3) is 4.31.